The van der Waals surface area contributed by atoms with Crippen molar-refractivity contribution in [2.45, 2.75) is 19.6 Å². The predicted molar refractivity (Wildman–Crippen MR) is 106 cm³/mol. The third-order valence-corrected chi connectivity index (χ3v) is 4.33. The minimum absolute atomic E-state index is 0.315. The molecule has 0 aromatic heterocycles. The van der Waals surface area contributed by atoms with Gasteiger partial charge in [0.25, 0.3) is 5.91 Å². The van der Waals surface area contributed by atoms with Crippen LogP contribution in [0.5, 0.6) is 5.75 Å². The van der Waals surface area contributed by atoms with Gasteiger partial charge in [0, 0.05) is 28.2 Å². The molecule has 0 unspecified atom stereocenters. The molecular formula is C20H19Cl2NO4. The van der Waals surface area contributed by atoms with Gasteiger partial charge in [-0.05, 0) is 42.8 Å². The van der Waals surface area contributed by atoms with Crippen molar-refractivity contribution in [2.24, 2.45) is 0 Å². The molecule has 0 aliphatic rings. The van der Waals surface area contributed by atoms with Gasteiger partial charge in [0.05, 0.1) is 7.11 Å². The zero-order chi connectivity index (χ0) is 19.8. The Balaban J connectivity index is 1.85. The Hall–Kier alpha value is -2.50. The highest BCUT2D eigenvalue weighted by molar-refractivity contribution is 6.37. The first-order valence-electron chi connectivity index (χ1n) is 8.14. The Morgan fingerprint density at radius 1 is 1.11 bits per heavy atom. The van der Waals surface area contributed by atoms with Crippen LogP contribution in [0, 0.1) is 0 Å². The van der Waals surface area contributed by atoms with E-state index in [4.69, 9.17) is 32.7 Å². The molecule has 1 amide bonds. The fraction of sp³-hybridized carbons (Fsp3) is 0.200. The fourth-order valence-electron chi connectivity index (χ4n) is 2.16. The molecule has 1 atom stereocenters. The first-order valence-corrected chi connectivity index (χ1v) is 8.89. The van der Waals surface area contributed by atoms with Gasteiger partial charge in [-0.3, -0.25) is 4.79 Å². The summed E-state index contributed by atoms with van der Waals surface area (Å²) < 4.78 is 10.2. The van der Waals surface area contributed by atoms with Crippen molar-refractivity contribution in [3.05, 3.63) is 69.7 Å². The number of halogens is 2. The molecule has 0 saturated carbocycles. The Labute approximate surface area is 167 Å². The predicted octanol–water partition coefficient (Wildman–Crippen LogP) is 4.26. The van der Waals surface area contributed by atoms with Crippen LogP contribution in [0.1, 0.15) is 18.1 Å². The van der Waals surface area contributed by atoms with Crippen molar-refractivity contribution >= 4 is 41.2 Å². The molecule has 27 heavy (non-hydrogen) atoms. The lowest BCUT2D eigenvalue weighted by molar-refractivity contribution is -0.150. The molecule has 2 aromatic carbocycles. The van der Waals surface area contributed by atoms with Crippen LogP contribution in [0.4, 0.5) is 0 Å². The van der Waals surface area contributed by atoms with E-state index in [0.29, 0.717) is 22.2 Å². The van der Waals surface area contributed by atoms with Gasteiger partial charge in [-0.2, -0.15) is 0 Å². The second-order valence-electron chi connectivity index (χ2n) is 5.61. The van der Waals surface area contributed by atoms with E-state index >= 15 is 0 Å². The molecule has 0 aliphatic heterocycles. The van der Waals surface area contributed by atoms with Gasteiger partial charge in [0.1, 0.15) is 5.75 Å². The van der Waals surface area contributed by atoms with E-state index < -0.39 is 18.0 Å². The van der Waals surface area contributed by atoms with E-state index in [9.17, 15) is 9.59 Å². The van der Waals surface area contributed by atoms with Crippen molar-refractivity contribution in [3.8, 4) is 5.75 Å². The van der Waals surface area contributed by atoms with Crippen LogP contribution in [0.3, 0.4) is 0 Å². The number of rotatable bonds is 7. The lowest BCUT2D eigenvalue weighted by Crippen LogP contribution is -2.35. The van der Waals surface area contributed by atoms with Gasteiger partial charge in [-0.1, -0.05) is 41.4 Å². The number of benzene rings is 2. The Morgan fingerprint density at radius 2 is 1.74 bits per heavy atom. The first kappa shape index (κ1) is 20.8. The summed E-state index contributed by atoms with van der Waals surface area (Å²) in [6, 6.07) is 12.3. The van der Waals surface area contributed by atoms with E-state index in [1.54, 1.807) is 37.4 Å². The number of methoxy groups -OCH3 is 1. The van der Waals surface area contributed by atoms with Crippen LogP contribution in [0.15, 0.2) is 48.5 Å². The average molecular weight is 408 g/mol. The number of hydrogen-bond donors (Lipinski definition) is 1. The SMILES string of the molecule is COc1ccc(CNC(=O)[C@H](C)OC(=O)/C=C/c2c(Cl)cccc2Cl)cc1. The van der Waals surface area contributed by atoms with Gasteiger partial charge < -0.3 is 14.8 Å². The lowest BCUT2D eigenvalue weighted by Gasteiger charge is -2.12. The van der Waals surface area contributed by atoms with Gasteiger partial charge in [0.15, 0.2) is 6.10 Å². The topological polar surface area (TPSA) is 64.6 Å². The highest BCUT2D eigenvalue weighted by Gasteiger charge is 2.16. The molecule has 2 rings (SSSR count). The number of nitrogens with one attached hydrogen (secondary N) is 1. The third kappa shape index (κ3) is 6.31. The highest BCUT2D eigenvalue weighted by Crippen LogP contribution is 2.25. The lowest BCUT2D eigenvalue weighted by atomic mass is 10.2. The molecular weight excluding hydrogens is 389 g/mol. The van der Waals surface area contributed by atoms with Crippen LogP contribution >= 0.6 is 23.2 Å². The molecule has 1 N–H and O–H groups in total. The first-order chi connectivity index (χ1) is 12.9. The van der Waals surface area contributed by atoms with Gasteiger partial charge in [-0.25, -0.2) is 4.79 Å². The maximum atomic E-state index is 12.1. The van der Waals surface area contributed by atoms with Crippen LogP contribution in [-0.2, 0) is 20.9 Å². The monoisotopic (exact) mass is 407 g/mol. The molecule has 0 aliphatic carbocycles. The molecule has 0 saturated heterocycles. The molecule has 7 heteroatoms. The van der Waals surface area contributed by atoms with Crippen LogP contribution < -0.4 is 10.1 Å². The van der Waals surface area contributed by atoms with E-state index in [0.717, 1.165) is 11.3 Å². The number of hydrogen-bond acceptors (Lipinski definition) is 4. The highest BCUT2D eigenvalue weighted by atomic mass is 35.5. The summed E-state index contributed by atoms with van der Waals surface area (Å²) in [6.45, 7) is 1.81. The third-order valence-electron chi connectivity index (χ3n) is 3.67. The van der Waals surface area contributed by atoms with E-state index in [1.165, 1.54) is 19.1 Å². The van der Waals surface area contributed by atoms with E-state index in [1.807, 2.05) is 12.1 Å². The quantitative estimate of drug-likeness (QED) is 0.549. The van der Waals surface area contributed by atoms with Crippen molar-refractivity contribution in [2.75, 3.05) is 7.11 Å². The van der Waals surface area contributed by atoms with Gasteiger partial charge in [0.2, 0.25) is 0 Å². The minimum atomic E-state index is -0.942. The molecule has 2 aromatic rings. The second-order valence-corrected chi connectivity index (χ2v) is 6.43. The standard InChI is InChI=1S/C20H19Cl2NO4/c1-13(20(25)23-12-14-6-8-15(26-2)9-7-14)27-19(24)11-10-16-17(21)4-3-5-18(16)22/h3-11,13H,12H2,1-2H3,(H,23,25)/b11-10+/t13-/m0/s1. The number of carbonyl (C=O) groups is 2. The molecule has 5 nitrogen and oxygen atoms in total. The Morgan fingerprint density at radius 3 is 2.33 bits per heavy atom. The second kappa shape index (κ2) is 10.00. The number of carbonyl (C=O) groups excluding carboxylic acids is 2. The zero-order valence-electron chi connectivity index (χ0n) is 14.9. The fourth-order valence-corrected chi connectivity index (χ4v) is 2.69. The number of amides is 1. The van der Waals surface area contributed by atoms with Crippen LogP contribution in [-0.4, -0.2) is 25.1 Å². The maximum Gasteiger partial charge on any atom is 0.331 e. The summed E-state index contributed by atoms with van der Waals surface area (Å²) in [5.41, 5.74) is 1.41. The largest absolute Gasteiger partial charge is 0.497 e. The summed E-state index contributed by atoms with van der Waals surface area (Å²) in [5.74, 6) is -0.334. The van der Waals surface area contributed by atoms with Crippen molar-refractivity contribution in [3.63, 3.8) is 0 Å². The molecule has 0 fully saturated rings. The molecule has 0 spiro atoms. The molecule has 142 valence electrons. The van der Waals surface area contributed by atoms with Crippen LogP contribution in [0.25, 0.3) is 6.08 Å². The van der Waals surface area contributed by atoms with E-state index in [-0.39, 0.29) is 0 Å². The Bertz CT molecular complexity index is 814. The van der Waals surface area contributed by atoms with E-state index in [2.05, 4.69) is 5.32 Å². The van der Waals surface area contributed by atoms with Crippen LogP contribution in [0.2, 0.25) is 10.0 Å². The summed E-state index contributed by atoms with van der Waals surface area (Å²) in [6.07, 6.45) is 1.69. The Kier molecular flexibility index (Phi) is 7.70. The summed E-state index contributed by atoms with van der Waals surface area (Å²) in [7, 11) is 1.58. The molecule has 0 radical (unpaired) electrons. The van der Waals surface area contributed by atoms with Gasteiger partial charge >= 0.3 is 5.97 Å². The molecule has 0 bridgehead atoms. The van der Waals surface area contributed by atoms with Crippen molar-refractivity contribution < 1.29 is 19.1 Å². The number of esters is 1. The average Bonchev–Trinajstić information content (AvgIpc) is 2.66. The van der Waals surface area contributed by atoms with Gasteiger partial charge in [-0.15, -0.1) is 0 Å². The van der Waals surface area contributed by atoms with Crippen molar-refractivity contribution in [1.82, 2.24) is 5.32 Å². The van der Waals surface area contributed by atoms with Crippen molar-refractivity contribution in [1.29, 1.82) is 0 Å². The maximum absolute atomic E-state index is 12.1. The zero-order valence-corrected chi connectivity index (χ0v) is 16.4. The summed E-state index contributed by atoms with van der Waals surface area (Å²) >= 11 is 12.1. The minimum Gasteiger partial charge on any atom is -0.497 e. The summed E-state index contributed by atoms with van der Waals surface area (Å²) in [4.78, 5) is 24.0. The normalized spacial score (nSPS) is 11.9. The number of ether oxygens (including phenoxy) is 2. The summed E-state index contributed by atoms with van der Waals surface area (Å²) in [5, 5.41) is 3.54. The molecule has 0 heterocycles. The smallest absolute Gasteiger partial charge is 0.331 e.